The fourth-order valence-electron chi connectivity index (χ4n) is 2.50. The summed E-state index contributed by atoms with van der Waals surface area (Å²) in [6, 6.07) is 2.40. The van der Waals surface area contributed by atoms with Gasteiger partial charge < -0.3 is 10.6 Å². The number of carbonyl (C=O) groups is 4. The van der Waals surface area contributed by atoms with Gasteiger partial charge in [0.2, 0.25) is 0 Å². The lowest BCUT2D eigenvalue weighted by Gasteiger charge is -2.20. The van der Waals surface area contributed by atoms with Crippen molar-refractivity contribution in [3.05, 3.63) is 22.4 Å². The highest BCUT2D eigenvalue weighted by atomic mass is 32.1. The highest BCUT2D eigenvalue weighted by Gasteiger charge is 2.50. The molecule has 8 nitrogen and oxygen atoms in total. The number of hydrogen-bond acceptors (Lipinski definition) is 5. The number of thiophene rings is 1. The average molecular weight is 322 g/mol. The maximum atomic E-state index is 12.5. The van der Waals surface area contributed by atoms with E-state index in [2.05, 4.69) is 10.6 Å². The van der Waals surface area contributed by atoms with Crippen LogP contribution in [0.4, 0.5) is 9.59 Å². The van der Waals surface area contributed by atoms with Gasteiger partial charge in [-0.15, -0.1) is 11.3 Å². The molecular formula is C13H14N4O4S. The molecule has 6 amide bonds. The second kappa shape index (κ2) is 5.09. The lowest BCUT2D eigenvalue weighted by atomic mass is 10.0. The first-order chi connectivity index (χ1) is 10.4. The highest BCUT2D eigenvalue weighted by molar-refractivity contribution is 7.10. The third kappa shape index (κ3) is 2.13. The summed E-state index contributed by atoms with van der Waals surface area (Å²) in [6.45, 7) is 1.77. The first kappa shape index (κ1) is 14.5. The standard InChI is InChI=1S/C13H14N4O4S/c1-13(8-3-2-6-22-8)10(19)17(12(21)15-13)7-9(18)16-5-4-14-11(16)20/h2-3,6H,4-5,7H2,1H3,(H,14,20)(H,15,21)/t13-/m1/s1. The maximum absolute atomic E-state index is 12.5. The van der Waals surface area contributed by atoms with Gasteiger partial charge >= 0.3 is 12.1 Å². The summed E-state index contributed by atoms with van der Waals surface area (Å²) >= 11 is 1.35. The van der Waals surface area contributed by atoms with Crippen molar-refractivity contribution in [2.45, 2.75) is 12.5 Å². The molecule has 0 aromatic carbocycles. The van der Waals surface area contributed by atoms with Crippen molar-refractivity contribution in [1.82, 2.24) is 20.4 Å². The minimum absolute atomic E-state index is 0.240. The largest absolute Gasteiger partial charge is 0.336 e. The Bertz CT molecular complexity index is 659. The van der Waals surface area contributed by atoms with E-state index in [-0.39, 0.29) is 6.54 Å². The van der Waals surface area contributed by atoms with E-state index in [4.69, 9.17) is 0 Å². The molecule has 0 saturated carbocycles. The van der Waals surface area contributed by atoms with Gasteiger partial charge in [-0.05, 0) is 18.4 Å². The Morgan fingerprint density at radius 2 is 2.14 bits per heavy atom. The van der Waals surface area contributed by atoms with Crippen molar-refractivity contribution in [2.75, 3.05) is 19.6 Å². The van der Waals surface area contributed by atoms with Crippen LogP contribution in [0.2, 0.25) is 0 Å². The Hall–Kier alpha value is -2.42. The van der Waals surface area contributed by atoms with E-state index in [1.165, 1.54) is 11.3 Å². The molecule has 116 valence electrons. The summed E-state index contributed by atoms with van der Waals surface area (Å²) in [5, 5.41) is 6.92. The Balaban J connectivity index is 1.78. The molecule has 2 aliphatic rings. The first-order valence-electron chi connectivity index (χ1n) is 6.70. The molecule has 2 aliphatic heterocycles. The molecule has 2 saturated heterocycles. The summed E-state index contributed by atoms with van der Waals surface area (Å²) < 4.78 is 0. The number of rotatable bonds is 3. The molecule has 0 radical (unpaired) electrons. The lowest BCUT2D eigenvalue weighted by Crippen LogP contribution is -2.45. The highest BCUT2D eigenvalue weighted by Crippen LogP contribution is 2.31. The fraction of sp³-hybridized carbons (Fsp3) is 0.385. The average Bonchev–Trinajstić information content (AvgIpc) is 3.17. The third-order valence-corrected chi connectivity index (χ3v) is 4.83. The molecule has 0 spiro atoms. The first-order valence-corrected chi connectivity index (χ1v) is 7.58. The van der Waals surface area contributed by atoms with Gasteiger partial charge in [0.25, 0.3) is 11.8 Å². The molecule has 3 rings (SSSR count). The van der Waals surface area contributed by atoms with Gasteiger partial charge in [-0.2, -0.15) is 0 Å². The van der Waals surface area contributed by atoms with Gasteiger partial charge in [0.1, 0.15) is 6.54 Å². The zero-order valence-electron chi connectivity index (χ0n) is 11.8. The van der Waals surface area contributed by atoms with E-state index in [9.17, 15) is 19.2 Å². The van der Waals surface area contributed by atoms with Gasteiger partial charge in [-0.25, -0.2) is 9.59 Å². The molecule has 0 bridgehead atoms. The number of nitrogens with one attached hydrogen (secondary N) is 2. The topological polar surface area (TPSA) is 98.8 Å². The second-order valence-electron chi connectivity index (χ2n) is 5.20. The Morgan fingerprint density at radius 3 is 2.73 bits per heavy atom. The van der Waals surface area contributed by atoms with Crippen LogP contribution >= 0.6 is 11.3 Å². The maximum Gasteiger partial charge on any atom is 0.325 e. The molecule has 1 aromatic heterocycles. The zero-order chi connectivity index (χ0) is 15.9. The van der Waals surface area contributed by atoms with Crippen molar-refractivity contribution in [3.8, 4) is 0 Å². The molecular weight excluding hydrogens is 308 g/mol. The van der Waals surface area contributed by atoms with Crippen molar-refractivity contribution < 1.29 is 19.2 Å². The number of hydrogen-bond donors (Lipinski definition) is 2. The van der Waals surface area contributed by atoms with E-state index in [1.807, 2.05) is 5.38 Å². The number of imide groups is 2. The molecule has 0 aliphatic carbocycles. The van der Waals surface area contributed by atoms with Gasteiger partial charge in [0, 0.05) is 18.0 Å². The van der Waals surface area contributed by atoms with Crippen LogP contribution in [0.25, 0.3) is 0 Å². The van der Waals surface area contributed by atoms with E-state index >= 15 is 0 Å². The number of urea groups is 2. The molecule has 22 heavy (non-hydrogen) atoms. The van der Waals surface area contributed by atoms with Crippen LogP contribution in [-0.2, 0) is 15.1 Å². The number of amides is 6. The van der Waals surface area contributed by atoms with Crippen molar-refractivity contribution in [2.24, 2.45) is 0 Å². The minimum atomic E-state index is -1.17. The summed E-state index contributed by atoms with van der Waals surface area (Å²) in [4.78, 5) is 50.7. The van der Waals surface area contributed by atoms with Crippen molar-refractivity contribution >= 4 is 35.2 Å². The summed E-state index contributed by atoms with van der Waals surface area (Å²) in [5.74, 6) is -1.07. The molecule has 3 heterocycles. The van der Waals surface area contributed by atoms with E-state index in [0.717, 1.165) is 9.80 Å². The quantitative estimate of drug-likeness (QED) is 0.769. The van der Waals surface area contributed by atoms with Crippen LogP contribution in [0, 0.1) is 0 Å². The van der Waals surface area contributed by atoms with Crippen LogP contribution in [0.3, 0.4) is 0 Å². The van der Waals surface area contributed by atoms with Gasteiger partial charge in [-0.1, -0.05) is 6.07 Å². The predicted octanol–water partition coefficient (Wildman–Crippen LogP) is 0.0669. The van der Waals surface area contributed by atoms with Crippen LogP contribution in [0.15, 0.2) is 17.5 Å². The Morgan fingerprint density at radius 1 is 1.36 bits per heavy atom. The summed E-state index contributed by atoms with van der Waals surface area (Å²) in [7, 11) is 0. The lowest BCUT2D eigenvalue weighted by molar-refractivity contribution is -0.137. The second-order valence-corrected chi connectivity index (χ2v) is 6.15. The normalized spacial score (nSPS) is 24.7. The van der Waals surface area contributed by atoms with Crippen molar-refractivity contribution in [3.63, 3.8) is 0 Å². The number of carbonyl (C=O) groups excluding carboxylic acids is 4. The van der Waals surface area contributed by atoms with Gasteiger partial charge in [0.05, 0.1) is 0 Å². The van der Waals surface area contributed by atoms with Crippen molar-refractivity contribution in [1.29, 1.82) is 0 Å². The zero-order valence-corrected chi connectivity index (χ0v) is 12.6. The van der Waals surface area contributed by atoms with Gasteiger partial charge in [-0.3, -0.25) is 19.4 Å². The van der Waals surface area contributed by atoms with Crippen LogP contribution in [0.5, 0.6) is 0 Å². The fourth-order valence-corrected chi connectivity index (χ4v) is 3.34. The molecule has 1 atom stereocenters. The van der Waals surface area contributed by atoms with Crippen LogP contribution in [0.1, 0.15) is 11.8 Å². The molecule has 2 fully saturated rings. The summed E-state index contributed by atoms with van der Waals surface area (Å²) in [6.07, 6.45) is 0. The Labute approximate surface area is 130 Å². The van der Waals surface area contributed by atoms with Crippen LogP contribution in [-0.4, -0.2) is 53.3 Å². The minimum Gasteiger partial charge on any atom is -0.336 e. The van der Waals surface area contributed by atoms with Crippen LogP contribution < -0.4 is 10.6 Å². The van der Waals surface area contributed by atoms with E-state index in [0.29, 0.717) is 11.4 Å². The number of nitrogens with zero attached hydrogens (tertiary/aromatic N) is 2. The third-order valence-electron chi connectivity index (χ3n) is 3.74. The molecule has 9 heteroatoms. The predicted molar refractivity (Wildman–Crippen MR) is 77.0 cm³/mol. The smallest absolute Gasteiger partial charge is 0.325 e. The Kier molecular flexibility index (Phi) is 3.36. The molecule has 1 aromatic rings. The van der Waals surface area contributed by atoms with E-state index < -0.39 is 36.0 Å². The SMILES string of the molecule is C[C@]1(c2cccs2)NC(=O)N(CC(=O)N2CCNC2=O)C1=O. The van der Waals surface area contributed by atoms with Gasteiger partial charge in [0.15, 0.2) is 5.54 Å². The molecule has 0 unspecified atom stereocenters. The molecule has 2 N–H and O–H groups in total. The monoisotopic (exact) mass is 322 g/mol. The summed E-state index contributed by atoms with van der Waals surface area (Å²) in [5.41, 5.74) is -1.17. The van der Waals surface area contributed by atoms with E-state index in [1.54, 1.807) is 19.1 Å².